The minimum Gasteiger partial charge on any atom is -0.373 e. The Bertz CT molecular complexity index is 643. The summed E-state index contributed by atoms with van der Waals surface area (Å²) in [5, 5.41) is 1.08. The molecule has 130 valence electrons. The van der Waals surface area contributed by atoms with Gasteiger partial charge in [0.05, 0.1) is 0 Å². The number of hydrogen-bond acceptors (Lipinski definition) is 3. The molecular weight excluding hydrogens is 316 g/mol. The molecule has 2 aromatic rings. The minimum atomic E-state index is -2.84. The largest absolute Gasteiger partial charge is 0.536 e. The summed E-state index contributed by atoms with van der Waals surface area (Å²) in [7, 11) is 2.17. The van der Waals surface area contributed by atoms with Crippen LogP contribution in [0.3, 0.4) is 0 Å². The van der Waals surface area contributed by atoms with Gasteiger partial charge in [-0.25, -0.2) is 0 Å². The maximum absolute atomic E-state index is 5.74. The quantitative estimate of drug-likeness (QED) is 0.679. The molecule has 0 spiro atoms. The van der Waals surface area contributed by atoms with Crippen molar-refractivity contribution in [2.45, 2.75) is 33.1 Å². The van der Waals surface area contributed by atoms with Crippen LogP contribution < -0.4 is 5.19 Å². The Morgan fingerprint density at radius 3 is 1.92 bits per heavy atom. The van der Waals surface area contributed by atoms with Crippen LogP contribution in [0.5, 0.6) is 0 Å². The van der Waals surface area contributed by atoms with Crippen LogP contribution in [0.4, 0.5) is 0 Å². The summed E-state index contributed by atoms with van der Waals surface area (Å²) in [5.74, 6) is 0. The maximum Gasteiger partial charge on any atom is 0.536 e. The predicted octanol–water partition coefficient (Wildman–Crippen LogP) is 3.95. The van der Waals surface area contributed by atoms with Gasteiger partial charge in [-0.3, -0.25) is 0 Å². The van der Waals surface area contributed by atoms with Gasteiger partial charge in [-0.05, 0) is 35.1 Å². The molecule has 24 heavy (non-hydrogen) atoms. The van der Waals surface area contributed by atoms with E-state index in [2.05, 4.69) is 56.3 Å². The van der Waals surface area contributed by atoms with Gasteiger partial charge in [-0.2, -0.15) is 0 Å². The van der Waals surface area contributed by atoms with Gasteiger partial charge < -0.3 is 13.3 Å². The molecule has 0 saturated carbocycles. The SMILES string of the molecule is CCCc1c(-c2ccccc2)ccc([Si](OC)(OC)OC)c1CC. The molecule has 0 saturated heterocycles. The lowest BCUT2D eigenvalue weighted by Gasteiger charge is -2.28. The van der Waals surface area contributed by atoms with Crippen LogP contribution in [0, 0.1) is 0 Å². The molecule has 0 amide bonds. The second-order valence-corrected chi connectivity index (χ2v) is 8.63. The van der Waals surface area contributed by atoms with Crippen molar-refractivity contribution in [1.29, 1.82) is 0 Å². The Morgan fingerprint density at radius 2 is 1.42 bits per heavy atom. The van der Waals surface area contributed by atoms with Gasteiger partial charge in [0.2, 0.25) is 0 Å². The Morgan fingerprint density at radius 1 is 0.792 bits per heavy atom. The topological polar surface area (TPSA) is 27.7 Å². The number of hydrogen-bond donors (Lipinski definition) is 0. The van der Waals surface area contributed by atoms with Crippen LogP contribution in [-0.2, 0) is 26.1 Å². The van der Waals surface area contributed by atoms with Crippen molar-refractivity contribution in [1.82, 2.24) is 0 Å². The Hall–Kier alpha value is -1.46. The second-order valence-electron chi connectivity index (χ2n) is 5.76. The average Bonchev–Trinajstić information content (AvgIpc) is 2.65. The lowest BCUT2D eigenvalue weighted by molar-refractivity contribution is 0.140. The summed E-state index contributed by atoms with van der Waals surface area (Å²) in [4.78, 5) is 0. The minimum absolute atomic E-state index is 0.927. The molecule has 0 heterocycles. The molecule has 0 N–H and O–H groups in total. The first-order chi connectivity index (χ1) is 11.7. The molecule has 0 atom stereocenters. The summed E-state index contributed by atoms with van der Waals surface area (Å²) >= 11 is 0. The van der Waals surface area contributed by atoms with E-state index in [1.807, 2.05) is 0 Å². The van der Waals surface area contributed by atoms with Crippen molar-refractivity contribution in [2.75, 3.05) is 21.3 Å². The number of benzene rings is 2. The van der Waals surface area contributed by atoms with Gasteiger partial charge in [0.15, 0.2) is 0 Å². The Labute approximate surface area is 146 Å². The van der Waals surface area contributed by atoms with Crippen LogP contribution >= 0.6 is 0 Å². The molecule has 0 aliphatic heterocycles. The van der Waals surface area contributed by atoms with Gasteiger partial charge in [0.25, 0.3) is 0 Å². The van der Waals surface area contributed by atoms with Gasteiger partial charge >= 0.3 is 8.80 Å². The highest BCUT2D eigenvalue weighted by atomic mass is 28.4. The van der Waals surface area contributed by atoms with E-state index in [-0.39, 0.29) is 0 Å². The first kappa shape index (κ1) is 18.9. The zero-order valence-corrected chi connectivity index (χ0v) is 16.4. The molecule has 0 unspecified atom stereocenters. The van der Waals surface area contributed by atoms with Crippen molar-refractivity contribution in [3.8, 4) is 11.1 Å². The molecule has 2 rings (SSSR count). The fourth-order valence-corrected chi connectivity index (χ4v) is 5.53. The normalized spacial score (nSPS) is 11.7. The summed E-state index contributed by atoms with van der Waals surface area (Å²) in [6, 6.07) is 14.9. The lowest BCUT2D eigenvalue weighted by atomic mass is 9.91. The summed E-state index contributed by atoms with van der Waals surface area (Å²) in [5.41, 5.74) is 5.23. The molecule has 0 aromatic heterocycles. The monoisotopic (exact) mass is 344 g/mol. The van der Waals surface area contributed by atoms with Crippen LogP contribution in [0.25, 0.3) is 11.1 Å². The van der Waals surface area contributed by atoms with Crippen molar-refractivity contribution in [3.05, 3.63) is 53.6 Å². The third-order valence-electron chi connectivity index (χ3n) is 4.51. The van der Waals surface area contributed by atoms with E-state index in [1.165, 1.54) is 22.3 Å². The summed E-state index contributed by atoms with van der Waals surface area (Å²) in [6.45, 7) is 4.40. The van der Waals surface area contributed by atoms with Crippen LogP contribution in [0.2, 0.25) is 0 Å². The number of rotatable bonds is 8. The van der Waals surface area contributed by atoms with Crippen LogP contribution in [0.15, 0.2) is 42.5 Å². The Balaban J connectivity index is 2.71. The predicted molar refractivity (Wildman–Crippen MR) is 102 cm³/mol. The molecule has 0 radical (unpaired) electrons. The second kappa shape index (κ2) is 8.58. The highest BCUT2D eigenvalue weighted by molar-refractivity contribution is 6.75. The molecule has 0 aliphatic rings. The van der Waals surface area contributed by atoms with Gasteiger partial charge in [0.1, 0.15) is 0 Å². The molecule has 2 aromatic carbocycles. The first-order valence-corrected chi connectivity index (χ1v) is 10.3. The molecule has 3 nitrogen and oxygen atoms in total. The zero-order chi connectivity index (χ0) is 17.6. The van der Waals surface area contributed by atoms with Crippen LogP contribution in [0.1, 0.15) is 31.4 Å². The lowest BCUT2D eigenvalue weighted by Crippen LogP contribution is -2.56. The molecule has 0 bridgehead atoms. The van der Waals surface area contributed by atoms with Crippen molar-refractivity contribution >= 4 is 14.0 Å². The standard InChI is InChI=1S/C20H28O3Si/c1-6-11-19-17(7-2)20(24(21-3,22-4)23-5)15-14-18(19)16-12-9-8-10-13-16/h8-10,12-15H,6-7,11H2,1-5H3. The molecular formula is C20H28O3Si. The summed E-state index contributed by atoms with van der Waals surface area (Å²) < 4.78 is 17.2. The first-order valence-electron chi connectivity index (χ1n) is 8.53. The van der Waals surface area contributed by atoms with E-state index in [0.29, 0.717) is 0 Å². The van der Waals surface area contributed by atoms with E-state index in [9.17, 15) is 0 Å². The maximum atomic E-state index is 5.74. The molecule has 0 aliphatic carbocycles. The van der Waals surface area contributed by atoms with Crippen molar-refractivity contribution in [2.24, 2.45) is 0 Å². The van der Waals surface area contributed by atoms with Gasteiger partial charge in [-0.15, -0.1) is 0 Å². The van der Waals surface area contributed by atoms with Crippen LogP contribution in [-0.4, -0.2) is 30.1 Å². The van der Waals surface area contributed by atoms with Crippen molar-refractivity contribution in [3.63, 3.8) is 0 Å². The van der Waals surface area contributed by atoms with E-state index in [4.69, 9.17) is 13.3 Å². The summed E-state index contributed by atoms with van der Waals surface area (Å²) in [6.07, 6.45) is 3.05. The Kier molecular flexibility index (Phi) is 6.75. The van der Waals surface area contributed by atoms with Gasteiger partial charge in [-0.1, -0.05) is 62.7 Å². The fourth-order valence-electron chi connectivity index (χ4n) is 3.39. The van der Waals surface area contributed by atoms with E-state index in [1.54, 1.807) is 21.3 Å². The smallest absolute Gasteiger partial charge is 0.373 e. The van der Waals surface area contributed by atoms with E-state index < -0.39 is 8.80 Å². The fraction of sp³-hybridized carbons (Fsp3) is 0.400. The van der Waals surface area contributed by atoms with Gasteiger partial charge in [0, 0.05) is 26.5 Å². The van der Waals surface area contributed by atoms with E-state index in [0.717, 1.165) is 24.4 Å². The highest BCUT2D eigenvalue weighted by Gasteiger charge is 2.43. The average molecular weight is 345 g/mol. The third kappa shape index (κ3) is 3.47. The molecule has 4 heteroatoms. The highest BCUT2D eigenvalue weighted by Crippen LogP contribution is 2.28. The molecule has 0 fully saturated rings. The third-order valence-corrected chi connectivity index (χ3v) is 7.25. The van der Waals surface area contributed by atoms with E-state index >= 15 is 0 Å². The van der Waals surface area contributed by atoms with Crippen molar-refractivity contribution < 1.29 is 13.3 Å². The zero-order valence-electron chi connectivity index (χ0n) is 15.4.